The van der Waals surface area contributed by atoms with Gasteiger partial charge in [0.2, 0.25) is 0 Å². The van der Waals surface area contributed by atoms with Crippen molar-refractivity contribution in [2.45, 2.75) is 33.7 Å². The molecule has 2 rings (SSSR count). The van der Waals surface area contributed by atoms with Gasteiger partial charge in [-0.05, 0) is 55.5 Å². The Morgan fingerprint density at radius 1 is 1.40 bits per heavy atom. The number of aryl methyl sites for hydroxylation is 1. The smallest absolute Gasteiger partial charge is 0.0453 e. The summed E-state index contributed by atoms with van der Waals surface area (Å²) in [6, 6.07) is 6.41. The van der Waals surface area contributed by atoms with E-state index >= 15 is 0 Å². The standard InChI is InChI=1S/C17H27ClN2/c1-13(2)10-20(11-15-6-7-19-9-15)12-16-5-4-14(3)8-17(16)18/h4-5,8,13,15,19H,6-7,9-12H2,1-3H3/t15-/m0/s1. The minimum absolute atomic E-state index is 0.689. The molecule has 0 aliphatic carbocycles. The van der Waals surface area contributed by atoms with Crippen LogP contribution in [0.15, 0.2) is 18.2 Å². The third kappa shape index (κ3) is 4.76. The lowest BCUT2D eigenvalue weighted by Gasteiger charge is -2.27. The molecule has 1 atom stereocenters. The van der Waals surface area contributed by atoms with Gasteiger partial charge in [0.1, 0.15) is 0 Å². The molecule has 0 aromatic heterocycles. The zero-order chi connectivity index (χ0) is 14.5. The molecule has 112 valence electrons. The molecule has 1 aliphatic heterocycles. The summed E-state index contributed by atoms with van der Waals surface area (Å²) in [6.45, 7) is 12.3. The van der Waals surface area contributed by atoms with Crippen LogP contribution in [0, 0.1) is 18.8 Å². The van der Waals surface area contributed by atoms with E-state index in [4.69, 9.17) is 11.6 Å². The maximum Gasteiger partial charge on any atom is 0.0453 e. The Bertz CT molecular complexity index is 425. The Hall–Kier alpha value is -0.570. The van der Waals surface area contributed by atoms with Crippen molar-refractivity contribution < 1.29 is 0 Å². The number of halogens is 1. The highest BCUT2D eigenvalue weighted by atomic mass is 35.5. The van der Waals surface area contributed by atoms with E-state index in [0.29, 0.717) is 5.92 Å². The molecule has 1 saturated heterocycles. The van der Waals surface area contributed by atoms with Gasteiger partial charge in [0, 0.05) is 24.7 Å². The van der Waals surface area contributed by atoms with E-state index in [1.165, 1.54) is 30.6 Å². The maximum absolute atomic E-state index is 6.39. The molecule has 0 radical (unpaired) electrons. The van der Waals surface area contributed by atoms with Gasteiger partial charge < -0.3 is 5.32 Å². The highest BCUT2D eigenvalue weighted by Gasteiger charge is 2.19. The fraction of sp³-hybridized carbons (Fsp3) is 0.647. The van der Waals surface area contributed by atoms with Crippen molar-refractivity contribution >= 4 is 11.6 Å². The lowest BCUT2D eigenvalue weighted by molar-refractivity contribution is 0.205. The molecule has 1 aliphatic rings. The molecule has 1 N–H and O–H groups in total. The fourth-order valence-corrected chi connectivity index (χ4v) is 3.27. The number of hydrogen-bond donors (Lipinski definition) is 1. The van der Waals surface area contributed by atoms with Gasteiger partial charge in [-0.2, -0.15) is 0 Å². The SMILES string of the molecule is Cc1ccc(CN(CC(C)C)C[C@H]2CCNC2)c(Cl)c1. The molecule has 1 aromatic rings. The van der Waals surface area contributed by atoms with Crippen LogP contribution in [0.4, 0.5) is 0 Å². The average molecular weight is 295 g/mol. The van der Waals surface area contributed by atoms with Gasteiger partial charge in [0.15, 0.2) is 0 Å². The van der Waals surface area contributed by atoms with Gasteiger partial charge in [-0.3, -0.25) is 4.90 Å². The van der Waals surface area contributed by atoms with E-state index in [1.54, 1.807) is 0 Å². The Balaban J connectivity index is 2.01. The fourth-order valence-electron chi connectivity index (χ4n) is 2.98. The largest absolute Gasteiger partial charge is 0.316 e. The molecule has 1 fully saturated rings. The van der Waals surface area contributed by atoms with Crippen molar-refractivity contribution in [3.63, 3.8) is 0 Å². The predicted molar refractivity (Wildman–Crippen MR) is 87.3 cm³/mol. The molecule has 0 unspecified atom stereocenters. The van der Waals surface area contributed by atoms with E-state index in [0.717, 1.165) is 30.6 Å². The lowest BCUT2D eigenvalue weighted by Crippen LogP contribution is -2.33. The van der Waals surface area contributed by atoms with Gasteiger partial charge in [-0.1, -0.05) is 37.6 Å². The Morgan fingerprint density at radius 3 is 2.80 bits per heavy atom. The van der Waals surface area contributed by atoms with Crippen molar-refractivity contribution in [1.29, 1.82) is 0 Å². The van der Waals surface area contributed by atoms with Gasteiger partial charge in [0.05, 0.1) is 0 Å². The summed E-state index contributed by atoms with van der Waals surface area (Å²) < 4.78 is 0. The second kappa shape index (κ2) is 7.44. The van der Waals surface area contributed by atoms with Gasteiger partial charge in [-0.15, -0.1) is 0 Å². The first kappa shape index (κ1) is 15.8. The summed E-state index contributed by atoms with van der Waals surface area (Å²) in [6.07, 6.45) is 1.30. The van der Waals surface area contributed by atoms with Crippen LogP contribution in [0.25, 0.3) is 0 Å². The second-order valence-corrected chi connectivity index (χ2v) is 6.95. The van der Waals surface area contributed by atoms with Crippen LogP contribution >= 0.6 is 11.6 Å². The first-order chi connectivity index (χ1) is 9.54. The van der Waals surface area contributed by atoms with Crippen LogP contribution in [-0.2, 0) is 6.54 Å². The van der Waals surface area contributed by atoms with Crippen LogP contribution in [0.1, 0.15) is 31.4 Å². The molecule has 2 nitrogen and oxygen atoms in total. The molecule has 0 spiro atoms. The van der Waals surface area contributed by atoms with Crippen LogP contribution in [-0.4, -0.2) is 31.1 Å². The Kier molecular flexibility index (Phi) is 5.88. The first-order valence-corrected chi connectivity index (χ1v) is 8.10. The summed E-state index contributed by atoms with van der Waals surface area (Å²) in [5.41, 5.74) is 2.48. The van der Waals surface area contributed by atoms with E-state index in [1.807, 2.05) is 0 Å². The predicted octanol–water partition coefficient (Wildman–Crippen LogP) is 3.72. The van der Waals surface area contributed by atoms with Gasteiger partial charge >= 0.3 is 0 Å². The summed E-state index contributed by atoms with van der Waals surface area (Å²) in [5, 5.41) is 4.37. The number of nitrogens with one attached hydrogen (secondary N) is 1. The Labute approximate surface area is 128 Å². The van der Waals surface area contributed by atoms with Gasteiger partial charge in [0.25, 0.3) is 0 Å². The average Bonchev–Trinajstić information content (AvgIpc) is 2.84. The van der Waals surface area contributed by atoms with E-state index in [-0.39, 0.29) is 0 Å². The van der Waals surface area contributed by atoms with E-state index in [2.05, 4.69) is 49.2 Å². The second-order valence-electron chi connectivity index (χ2n) is 6.54. The van der Waals surface area contributed by atoms with Gasteiger partial charge in [-0.25, -0.2) is 0 Å². The van der Waals surface area contributed by atoms with Crippen LogP contribution in [0.2, 0.25) is 5.02 Å². The topological polar surface area (TPSA) is 15.3 Å². The van der Waals surface area contributed by atoms with Crippen molar-refractivity contribution in [3.05, 3.63) is 34.3 Å². The summed E-state index contributed by atoms with van der Waals surface area (Å²) in [5.74, 6) is 1.48. The van der Waals surface area contributed by atoms with Crippen molar-refractivity contribution in [3.8, 4) is 0 Å². The van der Waals surface area contributed by atoms with Crippen molar-refractivity contribution in [2.75, 3.05) is 26.2 Å². The third-order valence-corrected chi connectivity index (χ3v) is 4.26. The maximum atomic E-state index is 6.39. The van der Waals surface area contributed by atoms with Crippen LogP contribution < -0.4 is 5.32 Å². The monoisotopic (exact) mass is 294 g/mol. The van der Waals surface area contributed by atoms with E-state index < -0.39 is 0 Å². The summed E-state index contributed by atoms with van der Waals surface area (Å²) in [7, 11) is 0. The molecule has 1 heterocycles. The minimum atomic E-state index is 0.689. The summed E-state index contributed by atoms with van der Waals surface area (Å²) in [4.78, 5) is 2.57. The lowest BCUT2D eigenvalue weighted by atomic mass is 10.1. The highest BCUT2D eigenvalue weighted by molar-refractivity contribution is 6.31. The molecule has 0 amide bonds. The van der Waals surface area contributed by atoms with Crippen molar-refractivity contribution in [2.24, 2.45) is 11.8 Å². The van der Waals surface area contributed by atoms with Crippen molar-refractivity contribution in [1.82, 2.24) is 10.2 Å². The molecule has 20 heavy (non-hydrogen) atoms. The zero-order valence-electron chi connectivity index (χ0n) is 13.0. The normalized spacial score (nSPS) is 19.2. The molecule has 3 heteroatoms. The van der Waals surface area contributed by atoms with Crippen LogP contribution in [0.5, 0.6) is 0 Å². The molecular weight excluding hydrogens is 268 g/mol. The zero-order valence-corrected chi connectivity index (χ0v) is 13.7. The molecule has 0 bridgehead atoms. The van der Waals surface area contributed by atoms with E-state index in [9.17, 15) is 0 Å². The third-order valence-electron chi connectivity index (χ3n) is 3.90. The molecule has 1 aromatic carbocycles. The quantitative estimate of drug-likeness (QED) is 0.860. The van der Waals surface area contributed by atoms with Crippen LogP contribution in [0.3, 0.4) is 0 Å². The number of rotatable bonds is 6. The molecular formula is C17H27ClN2. The number of hydrogen-bond acceptors (Lipinski definition) is 2. The first-order valence-electron chi connectivity index (χ1n) is 7.72. The minimum Gasteiger partial charge on any atom is -0.316 e. The molecule has 0 saturated carbocycles. The Morgan fingerprint density at radius 2 is 2.20 bits per heavy atom. The number of benzene rings is 1. The number of nitrogens with zero attached hydrogens (tertiary/aromatic N) is 1. The summed E-state index contributed by atoms with van der Waals surface area (Å²) >= 11 is 6.39. The highest BCUT2D eigenvalue weighted by Crippen LogP contribution is 2.21.